The van der Waals surface area contributed by atoms with Crippen LogP contribution in [0.25, 0.3) is 22.1 Å². The van der Waals surface area contributed by atoms with Crippen molar-refractivity contribution in [3.63, 3.8) is 0 Å². The third kappa shape index (κ3) is 8.47. The number of H-pyrrole nitrogens is 2. The number of methoxy groups -OCH3 is 1. The van der Waals surface area contributed by atoms with Gasteiger partial charge in [-0.25, -0.2) is 24.5 Å². The lowest BCUT2D eigenvalue weighted by Gasteiger charge is -2.28. The summed E-state index contributed by atoms with van der Waals surface area (Å²) in [4.78, 5) is 87.1. The molecule has 4 aromatic carbocycles. The first kappa shape index (κ1) is 39.6. The Morgan fingerprint density at radius 1 is 0.733 bits per heavy atom. The number of nitrogens with zero attached hydrogens (tertiary/aromatic N) is 5. The maximum atomic E-state index is 13.9. The van der Waals surface area contributed by atoms with E-state index in [1.807, 2.05) is 54.6 Å². The van der Waals surface area contributed by atoms with Gasteiger partial charge >= 0.3 is 12.1 Å². The molecule has 2 aromatic heterocycles. The van der Waals surface area contributed by atoms with Gasteiger partial charge in [-0.2, -0.15) is 4.89 Å². The third-order valence-corrected chi connectivity index (χ3v) is 10.7. The van der Waals surface area contributed by atoms with E-state index in [4.69, 9.17) is 19.6 Å². The average molecular weight is 813 g/mol. The first-order valence-electron chi connectivity index (χ1n) is 19.6. The zero-order valence-corrected chi connectivity index (χ0v) is 33.0. The van der Waals surface area contributed by atoms with Gasteiger partial charge in [-0.1, -0.05) is 60.7 Å². The fourth-order valence-corrected chi connectivity index (χ4v) is 7.94. The number of fused-ring (bicyclic) bond motifs is 2. The summed E-state index contributed by atoms with van der Waals surface area (Å²) in [6.07, 6.45) is 3.41. The van der Waals surface area contributed by atoms with Crippen LogP contribution in [0.15, 0.2) is 102 Å². The number of anilines is 2. The molecule has 0 radical (unpaired) electrons. The topological polar surface area (TPSA) is 208 Å². The molecule has 308 valence electrons. The number of aromatic amines is 2. The summed E-state index contributed by atoms with van der Waals surface area (Å²) in [5.41, 5.74) is 5.19. The fourth-order valence-electron chi connectivity index (χ4n) is 7.94. The van der Waals surface area contributed by atoms with E-state index in [-0.39, 0.29) is 23.9 Å². The van der Waals surface area contributed by atoms with Crippen molar-refractivity contribution in [2.45, 2.75) is 49.9 Å². The number of hydrogen-bond acceptors (Lipinski definition) is 10. The Labute approximate surface area is 344 Å². The number of urea groups is 1. The number of ether oxygens (including phenoxy) is 1. The molecule has 1 unspecified atom stereocenters. The van der Waals surface area contributed by atoms with Crippen LogP contribution in [-0.2, 0) is 24.1 Å². The van der Waals surface area contributed by atoms with Gasteiger partial charge in [0.15, 0.2) is 6.04 Å². The zero-order valence-electron chi connectivity index (χ0n) is 33.0. The molecule has 6 aromatic rings. The quantitative estimate of drug-likeness (QED) is 0.0378. The average Bonchev–Trinajstić information content (AvgIpc) is 4.10. The zero-order chi connectivity index (χ0) is 41.6. The maximum Gasteiger partial charge on any atom is 0.407 e. The molecule has 4 heterocycles. The van der Waals surface area contributed by atoms with Gasteiger partial charge in [0.2, 0.25) is 6.40 Å². The second-order valence-electron chi connectivity index (χ2n) is 14.5. The van der Waals surface area contributed by atoms with E-state index in [1.165, 1.54) is 14.2 Å². The molecule has 0 aliphatic carbocycles. The highest BCUT2D eigenvalue weighted by atomic mass is 17.2. The highest BCUT2D eigenvalue weighted by molar-refractivity contribution is 6.01. The molecule has 2 fully saturated rings. The molecule has 60 heavy (non-hydrogen) atoms. The largest absolute Gasteiger partial charge is 0.453 e. The Kier molecular flexibility index (Phi) is 11.7. The first-order chi connectivity index (χ1) is 29.3. The van der Waals surface area contributed by atoms with Gasteiger partial charge < -0.3 is 45.3 Å². The van der Waals surface area contributed by atoms with Gasteiger partial charge in [-0.3, -0.25) is 9.59 Å². The number of carbonyl (C=O) groups excluding carboxylic acids is 4. The van der Waals surface area contributed by atoms with Crippen LogP contribution in [0.2, 0.25) is 0 Å². The van der Waals surface area contributed by atoms with E-state index < -0.39 is 24.2 Å². The molecule has 2 aliphatic heterocycles. The van der Waals surface area contributed by atoms with Gasteiger partial charge in [0.1, 0.15) is 17.7 Å². The van der Waals surface area contributed by atoms with Crippen LogP contribution < -0.4 is 16.0 Å². The Bertz CT molecular complexity index is 2530. The summed E-state index contributed by atoms with van der Waals surface area (Å²) in [7, 11) is 2.62. The van der Waals surface area contributed by atoms with Gasteiger partial charge in [0.25, 0.3) is 11.8 Å². The number of amides is 5. The second-order valence-corrected chi connectivity index (χ2v) is 14.5. The number of imidazole rings is 2. The molecule has 8 rings (SSSR count). The summed E-state index contributed by atoms with van der Waals surface area (Å²) < 4.78 is 4.81. The van der Waals surface area contributed by atoms with Crippen LogP contribution in [0.3, 0.4) is 0 Å². The lowest BCUT2D eigenvalue weighted by atomic mass is 10.1. The molecule has 0 bridgehead atoms. The summed E-state index contributed by atoms with van der Waals surface area (Å²) in [6.45, 7) is 1.05. The predicted octanol–water partition coefficient (Wildman–Crippen LogP) is 6.86. The number of benzene rings is 4. The van der Waals surface area contributed by atoms with Crippen LogP contribution in [0.4, 0.5) is 21.0 Å². The Balaban J connectivity index is 0.933. The minimum Gasteiger partial charge on any atom is -0.453 e. The van der Waals surface area contributed by atoms with Crippen molar-refractivity contribution in [1.82, 2.24) is 35.1 Å². The number of aliphatic imine (C=N–C) groups is 1. The standard InChI is InChI=1S/C43H44N10O7/c1-58-43(57)51-37(27-13-7-4-8-14-27)41(55)53-22-10-16-35(53)39-48-31-20-18-29(24-33(31)50-39)46-42(56)45-28-17-19-30-32(23-28)49-38(47-30)34-15-9-21-52(34)40(54)36(44-25-60-59-2)26-11-5-3-6-12-26/h3-8,11-14,17-20,23-25,34-37H,9-10,15-16,21-22H2,1-2H3,(H,47,49)(H,48,50)(H,51,57)(H2,45,46,56)/b44-25-/t34-,35-,36?,37+/m0/s1. The van der Waals surface area contributed by atoms with E-state index in [9.17, 15) is 19.2 Å². The fraction of sp³-hybridized carbons (Fsp3) is 0.279. The van der Waals surface area contributed by atoms with Gasteiger partial charge in [0.05, 0.1) is 48.4 Å². The van der Waals surface area contributed by atoms with Crippen LogP contribution in [-0.4, -0.2) is 87.4 Å². The summed E-state index contributed by atoms with van der Waals surface area (Å²) >= 11 is 0. The third-order valence-electron chi connectivity index (χ3n) is 10.7. The molecule has 17 nitrogen and oxygen atoms in total. The van der Waals surface area contributed by atoms with E-state index in [0.29, 0.717) is 64.6 Å². The van der Waals surface area contributed by atoms with E-state index in [2.05, 4.69) is 35.8 Å². The monoisotopic (exact) mass is 812 g/mol. The summed E-state index contributed by atoms with van der Waals surface area (Å²) in [5.74, 6) is 0.815. The van der Waals surface area contributed by atoms with Crippen molar-refractivity contribution in [3.05, 3.63) is 120 Å². The first-order valence-corrected chi connectivity index (χ1v) is 19.6. The van der Waals surface area contributed by atoms with Crippen molar-refractivity contribution >= 4 is 63.8 Å². The lowest BCUT2D eigenvalue weighted by molar-refractivity contribution is -0.188. The molecule has 17 heteroatoms. The van der Waals surface area contributed by atoms with Crippen LogP contribution in [0.1, 0.15) is 72.6 Å². The molecule has 2 aliphatic rings. The highest BCUT2D eigenvalue weighted by Crippen LogP contribution is 2.36. The van der Waals surface area contributed by atoms with Gasteiger partial charge in [0, 0.05) is 24.5 Å². The van der Waals surface area contributed by atoms with Crippen molar-refractivity contribution in [3.8, 4) is 0 Å². The van der Waals surface area contributed by atoms with Crippen molar-refractivity contribution < 1.29 is 33.7 Å². The number of carbonyl (C=O) groups is 4. The van der Waals surface area contributed by atoms with Gasteiger partial charge in [-0.15, -0.1) is 0 Å². The molecular formula is C43H44N10O7. The van der Waals surface area contributed by atoms with Crippen molar-refractivity contribution in [1.29, 1.82) is 0 Å². The van der Waals surface area contributed by atoms with E-state index in [1.54, 1.807) is 52.3 Å². The van der Waals surface area contributed by atoms with E-state index in [0.717, 1.165) is 36.7 Å². The Morgan fingerprint density at radius 2 is 1.33 bits per heavy atom. The number of likely N-dealkylation sites (tertiary alicyclic amines) is 2. The molecule has 5 amide bonds. The van der Waals surface area contributed by atoms with E-state index >= 15 is 0 Å². The van der Waals surface area contributed by atoms with Crippen molar-refractivity contribution in [2.24, 2.45) is 4.99 Å². The molecule has 2 saturated heterocycles. The second kappa shape index (κ2) is 17.7. The minimum atomic E-state index is -0.927. The number of alkyl carbamates (subject to hydrolysis) is 1. The maximum absolute atomic E-state index is 13.9. The molecule has 4 atom stereocenters. The molecule has 0 saturated carbocycles. The summed E-state index contributed by atoms with van der Waals surface area (Å²) in [5, 5.41) is 8.46. The molecular weight excluding hydrogens is 769 g/mol. The Hall–Kier alpha value is -7.27. The number of nitrogens with one attached hydrogen (secondary N) is 5. The molecule has 0 spiro atoms. The lowest BCUT2D eigenvalue weighted by Crippen LogP contribution is -2.42. The SMILES string of the molecule is COO/C=N\C(C(=O)N1CCC[C@H]1c1nc2cc(NC(=O)Nc3ccc4nc([C@@H]5CCCN5C(=O)[C@H](NC(=O)OC)c5ccccc5)[nH]c4c3)ccc2[nH]1)c1ccccc1. The van der Waals surface area contributed by atoms with Gasteiger partial charge in [-0.05, 0) is 73.2 Å². The highest BCUT2D eigenvalue weighted by Gasteiger charge is 2.38. The molecule has 5 N–H and O–H groups in total. The normalized spacial score (nSPS) is 17.5. The number of aromatic nitrogens is 4. The predicted molar refractivity (Wildman–Crippen MR) is 223 cm³/mol. The van der Waals surface area contributed by atoms with Crippen molar-refractivity contribution in [2.75, 3.05) is 37.9 Å². The van der Waals surface area contributed by atoms with Crippen LogP contribution >= 0.6 is 0 Å². The van der Waals surface area contributed by atoms with Crippen LogP contribution in [0.5, 0.6) is 0 Å². The number of hydrogen-bond donors (Lipinski definition) is 5. The summed E-state index contributed by atoms with van der Waals surface area (Å²) in [6, 6.07) is 26.2. The minimum absolute atomic E-state index is 0.179. The smallest absolute Gasteiger partial charge is 0.407 e. The number of rotatable bonds is 12. The van der Waals surface area contributed by atoms with Crippen LogP contribution in [0, 0.1) is 0 Å². The Morgan fingerprint density at radius 3 is 2.00 bits per heavy atom.